The van der Waals surface area contributed by atoms with Gasteiger partial charge in [-0.05, 0) is 0 Å². The average molecular weight is 440 g/mol. The summed E-state index contributed by atoms with van der Waals surface area (Å²) in [4.78, 5) is 33.7. The van der Waals surface area contributed by atoms with Crippen molar-refractivity contribution in [3.63, 3.8) is 0 Å². The van der Waals surface area contributed by atoms with Gasteiger partial charge in [0.15, 0.2) is 0 Å². The van der Waals surface area contributed by atoms with Crippen LogP contribution in [0.4, 0.5) is 0 Å². The molecule has 0 heterocycles. The van der Waals surface area contributed by atoms with E-state index in [1.54, 1.807) is 0 Å². The zero-order valence-electron chi connectivity index (χ0n) is 15.7. The zero-order chi connectivity index (χ0) is 23.1. The van der Waals surface area contributed by atoms with Crippen LogP contribution in [0.2, 0.25) is 0 Å². The van der Waals surface area contributed by atoms with E-state index < -0.39 is 43.7 Å². The molecule has 0 spiro atoms. The van der Waals surface area contributed by atoms with Gasteiger partial charge in [0.2, 0.25) is 0 Å². The largest absolute Gasteiger partial charge is 0.490 e. The van der Waals surface area contributed by atoms with Gasteiger partial charge in [-0.3, -0.25) is 0 Å². The maximum Gasteiger partial charge on any atom is 0.490 e. The molecule has 0 saturated carbocycles. The summed E-state index contributed by atoms with van der Waals surface area (Å²) in [7, 11) is -5.47. The summed E-state index contributed by atoms with van der Waals surface area (Å²) in [6, 6.07) is 0. The molecule has 0 bridgehead atoms. The normalized spacial score (nSPS) is 19.1. The molecule has 14 heteroatoms. The Morgan fingerprint density at radius 1 is 0.690 bits per heavy atom. The molecule has 164 valence electrons. The van der Waals surface area contributed by atoms with E-state index in [-0.39, 0.29) is 0 Å². The fourth-order valence-electron chi connectivity index (χ4n) is 1.42. The second-order valence-electron chi connectivity index (χ2n) is 5.29. The van der Waals surface area contributed by atoms with Crippen molar-refractivity contribution in [2.45, 2.75) is 38.7 Å². The number of ether oxygens (including phenoxy) is 3. The first-order chi connectivity index (χ1) is 13.0. The number of carbonyl (C=O) groups excluding carboxylic acids is 3. The summed E-state index contributed by atoms with van der Waals surface area (Å²) in [5.74, 6) is -12.9. The molecule has 0 rings (SSSR count). The van der Waals surface area contributed by atoms with E-state index in [1.807, 2.05) is 0 Å². The van der Waals surface area contributed by atoms with E-state index in [0.717, 1.165) is 0 Å². The van der Waals surface area contributed by atoms with Crippen LogP contribution < -0.4 is 0 Å². The van der Waals surface area contributed by atoms with Gasteiger partial charge in [0.25, 0.3) is 0 Å². The molecule has 29 heavy (non-hydrogen) atoms. The van der Waals surface area contributed by atoms with Gasteiger partial charge < -0.3 is 29.5 Å². The first-order valence-electron chi connectivity index (χ1n) is 7.44. The van der Waals surface area contributed by atoms with Crippen LogP contribution in [0.3, 0.4) is 0 Å². The van der Waals surface area contributed by atoms with Crippen LogP contribution in [0.5, 0.6) is 0 Å². The minimum atomic E-state index is -5.47. The Kier molecular flexibility index (Phi) is 9.08. The molecule has 13 nitrogen and oxygen atoms in total. The first-order valence-corrected chi connectivity index (χ1v) is 8.90. The standard InChI is InChI=1S/C15H21O13P/c1-7-10(16)23-13(4,19)26-29(22,27-14(5,20)24-11(17)8-2)28-15(6,21)25-12(18)9-3/h7-9,19-21H,1-3H2,4-6H3. The van der Waals surface area contributed by atoms with E-state index in [0.29, 0.717) is 39.0 Å². The SMILES string of the molecule is C=CC(=O)OC(C)(O)OP(=O)(OC(C)(O)OC(=O)C=C)OC(C)(O)OC(=O)C=C. The van der Waals surface area contributed by atoms with Crippen LogP contribution in [0, 0.1) is 0 Å². The number of aliphatic hydroxyl groups is 3. The highest BCUT2D eigenvalue weighted by atomic mass is 31.2. The fourth-order valence-corrected chi connectivity index (χ4v) is 2.89. The Bertz CT molecular complexity index is 627. The van der Waals surface area contributed by atoms with Gasteiger partial charge in [-0.2, -0.15) is 0 Å². The third-order valence-electron chi connectivity index (χ3n) is 2.21. The van der Waals surface area contributed by atoms with Crippen molar-refractivity contribution in [1.82, 2.24) is 0 Å². The molecule has 0 aliphatic rings. The molecule has 0 aliphatic carbocycles. The molecule has 0 aliphatic heterocycles. The minimum Gasteiger partial charge on any atom is -0.405 e. The first kappa shape index (κ1) is 26.6. The summed E-state index contributed by atoms with van der Waals surface area (Å²) < 4.78 is 39.5. The van der Waals surface area contributed by atoms with Crippen molar-refractivity contribution >= 4 is 25.7 Å². The quantitative estimate of drug-likeness (QED) is 0.124. The topological polar surface area (TPSA) is 184 Å². The molecule has 0 fully saturated rings. The van der Waals surface area contributed by atoms with Crippen molar-refractivity contribution in [3.05, 3.63) is 38.0 Å². The number of hydrogen-bond donors (Lipinski definition) is 3. The van der Waals surface area contributed by atoms with Crippen molar-refractivity contribution in [3.8, 4) is 0 Å². The maximum atomic E-state index is 12.9. The van der Waals surface area contributed by atoms with E-state index in [1.165, 1.54) is 0 Å². The average Bonchev–Trinajstić information content (AvgIpc) is 2.50. The van der Waals surface area contributed by atoms with Gasteiger partial charge in [-0.25, -0.2) is 32.5 Å². The zero-order valence-corrected chi connectivity index (χ0v) is 16.6. The Hall–Kier alpha value is -2.38. The van der Waals surface area contributed by atoms with Crippen molar-refractivity contribution in [2.24, 2.45) is 0 Å². The molecular formula is C15H21O13P. The number of phosphoric ester groups is 1. The number of phosphoric acid groups is 1. The fraction of sp³-hybridized carbons (Fsp3) is 0.400. The number of rotatable bonds is 12. The molecular weight excluding hydrogens is 419 g/mol. The Morgan fingerprint density at radius 3 is 1.07 bits per heavy atom. The minimum absolute atomic E-state index is 0.606. The van der Waals surface area contributed by atoms with Crippen molar-refractivity contribution in [2.75, 3.05) is 0 Å². The summed E-state index contributed by atoms with van der Waals surface area (Å²) in [6.45, 7) is 11.1. The van der Waals surface area contributed by atoms with Crippen LogP contribution in [-0.2, 0) is 46.7 Å². The smallest absolute Gasteiger partial charge is 0.405 e. The van der Waals surface area contributed by atoms with Crippen LogP contribution >= 0.6 is 7.82 Å². The lowest BCUT2D eigenvalue weighted by atomic mass is 10.6. The van der Waals surface area contributed by atoms with E-state index in [9.17, 15) is 34.3 Å². The number of carbonyl (C=O) groups is 3. The third kappa shape index (κ3) is 10.7. The van der Waals surface area contributed by atoms with E-state index >= 15 is 0 Å². The van der Waals surface area contributed by atoms with Gasteiger partial charge in [0.05, 0.1) is 0 Å². The number of esters is 3. The van der Waals surface area contributed by atoms with Crippen LogP contribution in [0.15, 0.2) is 38.0 Å². The summed E-state index contributed by atoms with van der Waals surface area (Å²) in [6.07, 6.45) is 1.82. The molecule has 0 aromatic heterocycles. The van der Waals surface area contributed by atoms with Crippen LogP contribution in [0.25, 0.3) is 0 Å². The summed E-state index contributed by atoms with van der Waals surface area (Å²) >= 11 is 0. The lowest BCUT2D eigenvalue weighted by Crippen LogP contribution is -2.41. The Balaban J connectivity index is 5.86. The van der Waals surface area contributed by atoms with E-state index in [2.05, 4.69) is 47.5 Å². The van der Waals surface area contributed by atoms with Crippen molar-refractivity contribution < 1.29 is 62.1 Å². The highest BCUT2D eigenvalue weighted by Crippen LogP contribution is 2.57. The molecule has 0 saturated heterocycles. The van der Waals surface area contributed by atoms with Gasteiger partial charge in [0.1, 0.15) is 0 Å². The lowest BCUT2D eigenvalue weighted by molar-refractivity contribution is -0.342. The molecule has 0 aromatic rings. The van der Waals surface area contributed by atoms with Gasteiger partial charge in [-0.15, -0.1) is 0 Å². The predicted octanol–water partition coefficient (Wildman–Crippen LogP) is 0.330. The molecule has 0 radical (unpaired) electrons. The molecule has 3 N–H and O–H groups in total. The predicted molar refractivity (Wildman–Crippen MR) is 91.6 cm³/mol. The lowest BCUT2D eigenvalue weighted by Gasteiger charge is -2.33. The Morgan fingerprint density at radius 2 is 0.897 bits per heavy atom. The highest BCUT2D eigenvalue weighted by Gasteiger charge is 2.50. The number of hydrogen-bond acceptors (Lipinski definition) is 13. The van der Waals surface area contributed by atoms with Gasteiger partial charge in [-0.1, -0.05) is 19.7 Å². The monoisotopic (exact) mass is 440 g/mol. The molecule has 0 aromatic carbocycles. The molecule has 3 atom stereocenters. The third-order valence-corrected chi connectivity index (χ3v) is 3.90. The van der Waals surface area contributed by atoms with Gasteiger partial charge in [0, 0.05) is 39.0 Å². The summed E-state index contributed by atoms with van der Waals surface area (Å²) in [5, 5.41) is 29.8. The Labute approximate surface area is 165 Å². The van der Waals surface area contributed by atoms with Crippen molar-refractivity contribution in [1.29, 1.82) is 0 Å². The second-order valence-corrected chi connectivity index (χ2v) is 6.73. The van der Waals surface area contributed by atoms with Gasteiger partial charge >= 0.3 is 43.7 Å². The molecule has 0 amide bonds. The van der Waals surface area contributed by atoms with Crippen LogP contribution in [0.1, 0.15) is 20.8 Å². The maximum absolute atomic E-state index is 12.9. The summed E-state index contributed by atoms with van der Waals surface area (Å²) in [5.41, 5.74) is 0. The highest BCUT2D eigenvalue weighted by molar-refractivity contribution is 7.48. The second kappa shape index (κ2) is 9.89. The van der Waals surface area contributed by atoms with E-state index in [4.69, 9.17) is 0 Å². The molecule has 3 unspecified atom stereocenters. The van der Waals surface area contributed by atoms with Crippen LogP contribution in [-0.4, -0.2) is 51.1 Å².